The van der Waals surface area contributed by atoms with E-state index in [1.165, 1.54) is 0 Å². The van der Waals surface area contributed by atoms with E-state index in [0.717, 1.165) is 34.1 Å². The van der Waals surface area contributed by atoms with Crippen molar-refractivity contribution < 1.29 is 13.9 Å². The molecule has 2 heterocycles. The van der Waals surface area contributed by atoms with Crippen LogP contribution in [0.1, 0.15) is 28.8 Å². The fraction of sp³-hybridized carbons (Fsp3) is 0.280. The van der Waals surface area contributed by atoms with E-state index in [1.54, 1.807) is 19.4 Å². The van der Waals surface area contributed by atoms with Crippen LogP contribution < -0.4 is 10.1 Å². The molecule has 0 spiro atoms. The number of nitrogens with one attached hydrogen (secondary N) is 1. The first kappa shape index (κ1) is 22.9. The monoisotopic (exact) mass is 432 g/mol. The van der Waals surface area contributed by atoms with E-state index < -0.39 is 5.91 Å². The van der Waals surface area contributed by atoms with Gasteiger partial charge in [0.15, 0.2) is 0 Å². The molecule has 2 aromatic heterocycles. The molecule has 166 valence electrons. The van der Waals surface area contributed by atoms with Gasteiger partial charge in [0.05, 0.1) is 19.4 Å². The lowest BCUT2D eigenvalue weighted by molar-refractivity contribution is -0.117. The summed E-state index contributed by atoms with van der Waals surface area (Å²) >= 11 is 0. The summed E-state index contributed by atoms with van der Waals surface area (Å²) in [5, 5.41) is 12.5. The van der Waals surface area contributed by atoms with Crippen LogP contribution >= 0.6 is 0 Å². The number of carbonyl (C=O) groups is 1. The smallest absolute Gasteiger partial charge is 0.262 e. The van der Waals surface area contributed by atoms with Crippen LogP contribution in [0, 0.1) is 25.2 Å². The Labute approximate surface area is 188 Å². The molecule has 3 rings (SSSR count). The number of methoxy groups -OCH3 is 1. The quantitative estimate of drug-likeness (QED) is 0.429. The van der Waals surface area contributed by atoms with Crippen LogP contribution in [0.5, 0.6) is 5.75 Å². The summed E-state index contributed by atoms with van der Waals surface area (Å²) in [5.41, 5.74) is 3.80. The van der Waals surface area contributed by atoms with Crippen molar-refractivity contribution in [2.45, 2.75) is 19.9 Å². The standard InChI is InChI=1S/C25H28N4O3/c1-17-13-19(18(2)29(17)21-8-10-22(31-5)11-9-21)14-20(15-26)25(30)27-16-23(28(3)4)24-7-6-12-32-24/h6-14,23H,16H2,1-5H3,(H,27,30). The van der Waals surface area contributed by atoms with Crippen LogP contribution in [-0.4, -0.2) is 43.1 Å². The van der Waals surface area contributed by atoms with Crippen molar-refractivity contribution in [3.8, 4) is 17.5 Å². The molecular weight excluding hydrogens is 404 g/mol. The molecule has 0 aliphatic rings. The van der Waals surface area contributed by atoms with Gasteiger partial charge in [-0.05, 0) is 82.0 Å². The predicted molar refractivity (Wildman–Crippen MR) is 124 cm³/mol. The normalized spacial score (nSPS) is 12.5. The first-order chi connectivity index (χ1) is 15.3. The number of rotatable bonds is 8. The Balaban J connectivity index is 1.81. The highest BCUT2D eigenvalue weighted by Gasteiger charge is 2.20. The molecular formula is C25H28N4O3. The highest BCUT2D eigenvalue weighted by Crippen LogP contribution is 2.24. The minimum absolute atomic E-state index is 0.0527. The van der Waals surface area contributed by atoms with Crippen molar-refractivity contribution >= 4 is 12.0 Å². The second kappa shape index (κ2) is 10.0. The summed E-state index contributed by atoms with van der Waals surface area (Å²) in [6, 6.07) is 15.3. The van der Waals surface area contributed by atoms with Crippen molar-refractivity contribution in [3.63, 3.8) is 0 Å². The van der Waals surface area contributed by atoms with Gasteiger partial charge in [0, 0.05) is 23.6 Å². The third-order valence-corrected chi connectivity index (χ3v) is 5.42. The fourth-order valence-corrected chi connectivity index (χ4v) is 3.67. The van der Waals surface area contributed by atoms with E-state index in [9.17, 15) is 10.1 Å². The minimum Gasteiger partial charge on any atom is -0.497 e. The van der Waals surface area contributed by atoms with Gasteiger partial charge in [-0.1, -0.05) is 0 Å². The summed E-state index contributed by atoms with van der Waals surface area (Å²) in [5.74, 6) is 1.12. The number of furan rings is 1. The lowest BCUT2D eigenvalue weighted by Crippen LogP contribution is -2.34. The van der Waals surface area contributed by atoms with Gasteiger partial charge in [-0.25, -0.2) is 0 Å². The van der Waals surface area contributed by atoms with Crippen molar-refractivity contribution in [2.24, 2.45) is 0 Å². The highest BCUT2D eigenvalue weighted by atomic mass is 16.5. The lowest BCUT2D eigenvalue weighted by atomic mass is 10.1. The zero-order chi connectivity index (χ0) is 23.3. The topological polar surface area (TPSA) is 83.4 Å². The zero-order valence-corrected chi connectivity index (χ0v) is 19.0. The van der Waals surface area contributed by atoms with Gasteiger partial charge in [-0.2, -0.15) is 5.26 Å². The number of aryl methyl sites for hydroxylation is 1. The fourth-order valence-electron chi connectivity index (χ4n) is 3.67. The van der Waals surface area contributed by atoms with Crippen LogP contribution in [0.15, 0.2) is 58.7 Å². The maximum Gasteiger partial charge on any atom is 0.262 e. The van der Waals surface area contributed by atoms with Crippen LogP contribution in [0.4, 0.5) is 0 Å². The lowest BCUT2D eigenvalue weighted by Gasteiger charge is -2.22. The van der Waals surface area contributed by atoms with E-state index in [4.69, 9.17) is 9.15 Å². The van der Waals surface area contributed by atoms with E-state index in [-0.39, 0.29) is 11.6 Å². The highest BCUT2D eigenvalue weighted by molar-refractivity contribution is 6.01. The molecule has 1 unspecified atom stereocenters. The maximum atomic E-state index is 12.7. The Hall–Kier alpha value is -3.76. The summed E-state index contributed by atoms with van der Waals surface area (Å²) < 4.78 is 12.8. The molecule has 7 nitrogen and oxygen atoms in total. The van der Waals surface area contributed by atoms with E-state index in [0.29, 0.717) is 6.54 Å². The molecule has 7 heteroatoms. The van der Waals surface area contributed by atoms with Crippen molar-refractivity contribution in [1.82, 2.24) is 14.8 Å². The van der Waals surface area contributed by atoms with Gasteiger partial charge < -0.3 is 19.0 Å². The number of nitrogens with zero attached hydrogens (tertiary/aromatic N) is 3. The molecule has 0 radical (unpaired) electrons. The third-order valence-electron chi connectivity index (χ3n) is 5.42. The molecule has 0 aliphatic heterocycles. The predicted octanol–water partition coefficient (Wildman–Crippen LogP) is 4.02. The molecule has 0 saturated carbocycles. The van der Waals surface area contributed by atoms with Gasteiger partial charge >= 0.3 is 0 Å². The molecule has 1 aromatic carbocycles. The molecule has 1 atom stereocenters. The van der Waals surface area contributed by atoms with Gasteiger partial charge in [0.1, 0.15) is 23.2 Å². The molecule has 0 saturated heterocycles. The Morgan fingerprint density at radius 2 is 2.00 bits per heavy atom. The SMILES string of the molecule is COc1ccc(-n2c(C)cc(C=C(C#N)C(=O)NCC(c3ccco3)N(C)C)c2C)cc1. The average molecular weight is 433 g/mol. The zero-order valence-electron chi connectivity index (χ0n) is 19.0. The summed E-state index contributed by atoms with van der Waals surface area (Å²) in [6.07, 6.45) is 3.24. The Bertz CT molecular complexity index is 1130. The first-order valence-electron chi connectivity index (χ1n) is 10.3. The van der Waals surface area contributed by atoms with Crippen LogP contribution in [0.25, 0.3) is 11.8 Å². The minimum atomic E-state index is -0.417. The van der Waals surface area contributed by atoms with Gasteiger partial charge in [0.25, 0.3) is 5.91 Å². The van der Waals surface area contributed by atoms with Crippen molar-refractivity contribution in [2.75, 3.05) is 27.7 Å². The molecule has 0 bridgehead atoms. The summed E-state index contributed by atoms with van der Waals surface area (Å²) in [6.45, 7) is 4.28. The molecule has 0 fully saturated rings. The van der Waals surface area contributed by atoms with Gasteiger partial charge in [-0.15, -0.1) is 0 Å². The number of hydrogen-bond donors (Lipinski definition) is 1. The van der Waals surface area contributed by atoms with E-state index >= 15 is 0 Å². The Morgan fingerprint density at radius 1 is 1.28 bits per heavy atom. The van der Waals surface area contributed by atoms with E-state index in [1.807, 2.05) is 81.4 Å². The second-order valence-corrected chi connectivity index (χ2v) is 7.73. The number of hydrogen-bond acceptors (Lipinski definition) is 5. The molecule has 0 aliphatic carbocycles. The van der Waals surface area contributed by atoms with Crippen LogP contribution in [0.2, 0.25) is 0 Å². The van der Waals surface area contributed by atoms with Crippen LogP contribution in [0.3, 0.4) is 0 Å². The summed E-state index contributed by atoms with van der Waals surface area (Å²) in [7, 11) is 5.46. The second-order valence-electron chi connectivity index (χ2n) is 7.73. The van der Waals surface area contributed by atoms with Gasteiger partial charge in [0.2, 0.25) is 0 Å². The molecule has 32 heavy (non-hydrogen) atoms. The number of nitriles is 1. The number of ether oxygens (including phenoxy) is 1. The maximum absolute atomic E-state index is 12.7. The van der Waals surface area contributed by atoms with Crippen molar-refractivity contribution in [3.05, 3.63) is 77.0 Å². The first-order valence-corrected chi connectivity index (χ1v) is 10.3. The number of carbonyl (C=O) groups excluding carboxylic acids is 1. The number of amides is 1. The number of benzene rings is 1. The summed E-state index contributed by atoms with van der Waals surface area (Å²) in [4.78, 5) is 14.7. The van der Waals surface area contributed by atoms with Crippen molar-refractivity contribution in [1.29, 1.82) is 5.26 Å². The van der Waals surface area contributed by atoms with E-state index in [2.05, 4.69) is 9.88 Å². The average Bonchev–Trinajstić information content (AvgIpc) is 3.40. The molecule has 1 N–H and O–H groups in total. The third kappa shape index (κ3) is 4.93. The Morgan fingerprint density at radius 3 is 2.56 bits per heavy atom. The molecule has 1 amide bonds. The number of aromatic nitrogens is 1. The molecule has 3 aromatic rings. The largest absolute Gasteiger partial charge is 0.497 e. The van der Waals surface area contributed by atoms with Crippen LogP contribution in [-0.2, 0) is 4.79 Å². The number of likely N-dealkylation sites (N-methyl/N-ethyl adjacent to an activating group) is 1. The van der Waals surface area contributed by atoms with Gasteiger partial charge in [-0.3, -0.25) is 9.69 Å². The Kier molecular flexibility index (Phi) is 7.18.